The molecule has 0 bridgehead atoms. The van der Waals surface area contributed by atoms with Crippen molar-refractivity contribution in [3.8, 4) is 5.75 Å². The standard InChI is InChI=1S/C20H22ClN3O3/c1-13(22-14(2)25)20-23-18-5-3-4-6-19(18)24(20)11-16(26)12-27-17-9-7-15(21)8-10-17/h3-10,13,16,26H,11-12H2,1-2H3,(H,22,25)/t13-,16-/m1/s1. The first-order valence-electron chi connectivity index (χ1n) is 8.72. The Morgan fingerprint density at radius 3 is 2.67 bits per heavy atom. The number of hydrogen-bond donors (Lipinski definition) is 2. The Balaban J connectivity index is 1.77. The van der Waals surface area contributed by atoms with Crippen LogP contribution in [0.5, 0.6) is 5.75 Å². The van der Waals surface area contributed by atoms with Crippen molar-refractivity contribution in [1.29, 1.82) is 0 Å². The largest absolute Gasteiger partial charge is 0.491 e. The van der Waals surface area contributed by atoms with Crippen molar-refractivity contribution in [2.24, 2.45) is 0 Å². The highest BCUT2D eigenvalue weighted by Gasteiger charge is 2.19. The number of fused-ring (bicyclic) bond motifs is 1. The fourth-order valence-corrected chi connectivity index (χ4v) is 3.10. The first kappa shape index (κ1) is 19.2. The molecule has 2 N–H and O–H groups in total. The first-order valence-corrected chi connectivity index (χ1v) is 9.10. The van der Waals surface area contributed by atoms with Crippen LogP contribution in [0.1, 0.15) is 25.7 Å². The molecule has 3 rings (SSSR count). The van der Waals surface area contributed by atoms with E-state index in [2.05, 4.69) is 10.3 Å². The van der Waals surface area contributed by atoms with E-state index in [-0.39, 0.29) is 18.6 Å². The number of hydrogen-bond acceptors (Lipinski definition) is 4. The van der Waals surface area contributed by atoms with Crippen molar-refractivity contribution >= 4 is 28.5 Å². The summed E-state index contributed by atoms with van der Waals surface area (Å²) in [4.78, 5) is 16.1. The summed E-state index contributed by atoms with van der Waals surface area (Å²) in [6.07, 6.45) is -0.749. The first-order chi connectivity index (χ1) is 12.9. The van der Waals surface area contributed by atoms with Crippen LogP contribution in [0, 0.1) is 0 Å². The molecule has 0 saturated carbocycles. The number of nitrogens with zero attached hydrogens (tertiary/aromatic N) is 2. The van der Waals surface area contributed by atoms with Gasteiger partial charge in [0.1, 0.15) is 24.3 Å². The lowest BCUT2D eigenvalue weighted by molar-refractivity contribution is -0.119. The molecule has 0 aliphatic rings. The second-order valence-electron chi connectivity index (χ2n) is 6.41. The van der Waals surface area contributed by atoms with Crippen LogP contribution in [0.15, 0.2) is 48.5 Å². The van der Waals surface area contributed by atoms with Crippen LogP contribution in [0.3, 0.4) is 0 Å². The molecule has 0 aliphatic heterocycles. The molecule has 2 aromatic carbocycles. The maximum atomic E-state index is 11.4. The molecule has 7 heteroatoms. The van der Waals surface area contributed by atoms with E-state index in [1.165, 1.54) is 6.92 Å². The van der Waals surface area contributed by atoms with Gasteiger partial charge in [-0.1, -0.05) is 23.7 Å². The zero-order valence-corrected chi connectivity index (χ0v) is 16.0. The van der Waals surface area contributed by atoms with Crippen LogP contribution < -0.4 is 10.1 Å². The van der Waals surface area contributed by atoms with E-state index in [0.717, 1.165) is 11.0 Å². The summed E-state index contributed by atoms with van der Waals surface area (Å²) in [5.41, 5.74) is 1.71. The highest BCUT2D eigenvalue weighted by molar-refractivity contribution is 6.30. The molecule has 2 atom stereocenters. The number of nitrogens with one attached hydrogen (secondary N) is 1. The van der Waals surface area contributed by atoms with E-state index in [4.69, 9.17) is 16.3 Å². The molecule has 142 valence electrons. The van der Waals surface area contributed by atoms with Crippen LogP contribution in [0.2, 0.25) is 5.02 Å². The van der Waals surface area contributed by atoms with E-state index in [0.29, 0.717) is 23.1 Å². The molecule has 6 nitrogen and oxygen atoms in total. The van der Waals surface area contributed by atoms with E-state index >= 15 is 0 Å². The minimum absolute atomic E-state index is 0.127. The Bertz CT molecular complexity index is 924. The monoisotopic (exact) mass is 387 g/mol. The Hall–Kier alpha value is -2.57. The lowest BCUT2D eigenvalue weighted by Crippen LogP contribution is -2.29. The summed E-state index contributed by atoms with van der Waals surface area (Å²) in [5, 5.41) is 14.0. The third kappa shape index (κ3) is 4.78. The Morgan fingerprint density at radius 1 is 1.26 bits per heavy atom. The van der Waals surface area contributed by atoms with Gasteiger partial charge in [0.15, 0.2) is 0 Å². The van der Waals surface area contributed by atoms with Crippen molar-refractivity contribution in [3.05, 3.63) is 59.4 Å². The molecule has 3 aromatic rings. The number of benzene rings is 2. The number of imidazole rings is 1. The number of aliphatic hydroxyl groups excluding tert-OH is 1. The third-order valence-corrected chi connectivity index (χ3v) is 4.39. The quantitative estimate of drug-likeness (QED) is 0.652. The van der Waals surface area contributed by atoms with Crippen LogP contribution in [-0.4, -0.2) is 33.3 Å². The normalized spacial score (nSPS) is 13.3. The van der Waals surface area contributed by atoms with E-state index in [1.807, 2.05) is 35.8 Å². The van der Waals surface area contributed by atoms with Crippen molar-refractivity contribution in [1.82, 2.24) is 14.9 Å². The molecule has 0 fully saturated rings. The maximum absolute atomic E-state index is 11.4. The Kier molecular flexibility index (Phi) is 5.98. The van der Waals surface area contributed by atoms with Crippen LogP contribution in [0.25, 0.3) is 11.0 Å². The van der Waals surface area contributed by atoms with Gasteiger partial charge in [0.25, 0.3) is 0 Å². The van der Waals surface area contributed by atoms with E-state index in [9.17, 15) is 9.90 Å². The number of carbonyl (C=O) groups is 1. The number of aromatic nitrogens is 2. The SMILES string of the molecule is CC(=O)N[C@H](C)c1nc2ccccc2n1C[C@@H](O)COc1ccc(Cl)cc1. The number of amides is 1. The van der Waals surface area contributed by atoms with Crippen molar-refractivity contribution in [3.63, 3.8) is 0 Å². The van der Waals surface area contributed by atoms with Gasteiger partial charge in [-0.3, -0.25) is 4.79 Å². The minimum Gasteiger partial charge on any atom is -0.491 e. The van der Waals surface area contributed by atoms with Gasteiger partial charge in [-0.15, -0.1) is 0 Å². The number of halogens is 1. The molecule has 0 aliphatic carbocycles. The smallest absolute Gasteiger partial charge is 0.217 e. The molecule has 0 unspecified atom stereocenters. The summed E-state index contributed by atoms with van der Waals surface area (Å²) in [7, 11) is 0. The van der Waals surface area contributed by atoms with Gasteiger partial charge >= 0.3 is 0 Å². The van der Waals surface area contributed by atoms with Crippen molar-refractivity contribution in [2.75, 3.05) is 6.61 Å². The second-order valence-corrected chi connectivity index (χ2v) is 6.85. The zero-order valence-electron chi connectivity index (χ0n) is 15.2. The molecule has 1 amide bonds. The van der Waals surface area contributed by atoms with Crippen LogP contribution in [-0.2, 0) is 11.3 Å². The summed E-state index contributed by atoms with van der Waals surface area (Å²) >= 11 is 5.86. The van der Waals surface area contributed by atoms with E-state index in [1.54, 1.807) is 24.3 Å². The average Bonchev–Trinajstić information content (AvgIpc) is 2.99. The van der Waals surface area contributed by atoms with Crippen LogP contribution >= 0.6 is 11.6 Å². The van der Waals surface area contributed by atoms with Gasteiger partial charge in [-0.2, -0.15) is 0 Å². The van der Waals surface area contributed by atoms with Gasteiger partial charge < -0.3 is 19.7 Å². The third-order valence-electron chi connectivity index (χ3n) is 4.14. The minimum atomic E-state index is -0.749. The molecule has 0 saturated heterocycles. The highest BCUT2D eigenvalue weighted by atomic mass is 35.5. The Morgan fingerprint density at radius 2 is 1.96 bits per heavy atom. The summed E-state index contributed by atoms with van der Waals surface area (Å²) in [5.74, 6) is 1.20. The lowest BCUT2D eigenvalue weighted by Gasteiger charge is -2.18. The number of para-hydroxylation sites is 2. The van der Waals surface area contributed by atoms with Crippen molar-refractivity contribution < 1.29 is 14.6 Å². The molecule has 1 aromatic heterocycles. The van der Waals surface area contributed by atoms with Gasteiger partial charge in [0.05, 0.1) is 23.6 Å². The van der Waals surface area contributed by atoms with Gasteiger partial charge in [-0.05, 0) is 43.3 Å². The Labute approximate surface area is 162 Å². The summed E-state index contributed by atoms with van der Waals surface area (Å²) in [6, 6.07) is 14.4. The lowest BCUT2D eigenvalue weighted by atomic mass is 10.2. The fourth-order valence-electron chi connectivity index (χ4n) is 2.97. The average molecular weight is 388 g/mol. The summed E-state index contributed by atoms with van der Waals surface area (Å²) < 4.78 is 7.56. The van der Waals surface area contributed by atoms with Crippen LogP contribution in [0.4, 0.5) is 0 Å². The predicted molar refractivity (Wildman–Crippen MR) is 105 cm³/mol. The molecule has 0 radical (unpaired) electrons. The fraction of sp³-hybridized carbons (Fsp3) is 0.300. The van der Waals surface area contributed by atoms with E-state index < -0.39 is 6.10 Å². The van der Waals surface area contributed by atoms with Gasteiger partial charge in [-0.25, -0.2) is 4.98 Å². The zero-order chi connectivity index (χ0) is 19.4. The molecule has 1 heterocycles. The predicted octanol–water partition coefficient (Wildman–Crippen LogP) is 3.33. The number of rotatable bonds is 7. The number of carbonyl (C=O) groups excluding carboxylic acids is 1. The molecular weight excluding hydrogens is 366 g/mol. The molecule has 27 heavy (non-hydrogen) atoms. The van der Waals surface area contributed by atoms with Gasteiger partial charge in [0.2, 0.25) is 5.91 Å². The summed E-state index contributed by atoms with van der Waals surface area (Å²) in [6.45, 7) is 3.77. The number of aliphatic hydroxyl groups is 1. The van der Waals surface area contributed by atoms with Gasteiger partial charge in [0, 0.05) is 11.9 Å². The topological polar surface area (TPSA) is 76.4 Å². The number of ether oxygens (including phenoxy) is 1. The second kappa shape index (κ2) is 8.41. The molecular formula is C20H22ClN3O3. The van der Waals surface area contributed by atoms with Crippen molar-refractivity contribution in [2.45, 2.75) is 32.5 Å². The molecule has 0 spiro atoms. The highest BCUT2D eigenvalue weighted by Crippen LogP contribution is 2.22. The maximum Gasteiger partial charge on any atom is 0.217 e.